The van der Waals surface area contributed by atoms with Gasteiger partial charge in [0, 0.05) is 25.5 Å². The van der Waals surface area contributed by atoms with Crippen LogP contribution in [-0.4, -0.2) is 42.7 Å². The fraction of sp³-hybridized carbons (Fsp3) is 0.417. The lowest BCUT2D eigenvalue weighted by Gasteiger charge is -2.24. The summed E-state index contributed by atoms with van der Waals surface area (Å²) < 4.78 is 5.84. The minimum atomic E-state index is -0.641. The van der Waals surface area contributed by atoms with Crippen LogP contribution in [-0.2, 0) is 22.4 Å². The summed E-state index contributed by atoms with van der Waals surface area (Å²) in [5, 5.41) is 19.1. The second kappa shape index (κ2) is 11.5. The Bertz CT molecular complexity index is 886. The summed E-state index contributed by atoms with van der Waals surface area (Å²) in [4.78, 5) is 23.2. The van der Waals surface area contributed by atoms with E-state index in [9.17, 15) is 14.7 Å². The SMILES string of the molecule is CC(=O)Nc1ccc(OCC(O)CNCCCCc2ccccc2)c2c1NC(=O)CC2. The van der Waals surface area contributed by atoms with Gasteiger partial charge in [0.1, 0.15) is 18.5 Å². The average molecular weight is 426 g/mol. The summed E-state index contributed by atoms with van der Waals surface area (Å²) in [6.07, 6.45) is 3.45. The van der Waals surface area contributed by atoms with Crippen molar-refractivity contribution >= 4 is 23.2 Å². The van der Waals surface area contributed by atoms with Crippen LogP contribution in [0.5, 0.6) is 5.75 Å². The topological polar surface area (TPSA) is 99.7 Å². The summed E-state index contributed by atoms with van der Waals surface area (Å²) in [5.41, 5.74) is 3.32. The lowest BCUT2D eigenvalue weighted by atomic mass is 10.0. The Morgan fingerprint density at radius 1 is 1.16 bits per heavy atom. The van der Waals surface area contributed by atoms with Crippen molar-refractivity contribution in [3.8, 4) is 5.75 Å². The Labute approximate surface area is 183 Å². The van der Waals surface area contributed by atoms with Gasteiger partial charge in [-0.15, -0.1) is 0 Å². The zero-order chi connectivity index (χ0) is 22.1. The molecule has 2 amide bonds. The number of aliphatic hydroxyl groups excluding tert-OH is 1. The minimum absolute atomic E-state index is 0.0900. The molecule has 31 heavy (non-hydrogen) atoms. The normalized spacial score (nSPS) is 13.8. The van der Waals surface area contributed by atoms with Gasteiger partial charge in [-0.2, -0.15) is 0 Å². The first-order valence-corrected chi connectivity index (χ1v) is 10.8. The van der Waals surface area contributed by atoms with Crippen molar-refractivity contribution in [2.75, 3.05) is 30.3 Å². The summed E-state index contributed by atoms with van der Waals surface area (Å²) in [5.74, 6) is 0.319. The fourth-order valence-corrected chi connectivity index (χ4v) is 3.63. The van der Waals surface area contributed by atoms with Gasteiger partial charge in [-0.3, -0.25) is 9.59 Å². The van der Waals surface area contributed by atoms with Crippen LogP contribution in [0.4, 0.5) is 11.4 Å². The first kappa shape index (κ1) is 22.8. The second-order valence-corrected chi connectivity index (χ2v) is 7.81. The summed E-state index contributed by atoms with van der Waals surface area (Å²) in [7, 11) is 0. The summed E-state index contributed by atoms with van der Waals surface area (Å²) >= 11 is 0. The first-order chi connectivity index (χ1) is 15.0. The number of ether oxygens (including phenoxy) is 1. The summed E-state index contributed by atoms with van der Waals surface area (Å²) in [6.45, 7) is 2.87. The van der Waals surface area contributed by atoms with Gasteiger partial charge in [0.15, 0.2) is 0 Å². The van der Waals surface area contributed by atoms with E-state index < -0.39 is 6.10 Å². The zero-order valence-corrected chi connectivity index (χ0v) is 17.9. The largest absolute Gasteiger partial charge is 0.490 e. The van der Waals surface area contributed by atoms with Crippen molar-refractivity contribution in [2.45, 2.75) is 45.1 Å². The molecular formula is C24H31N3O4. The lowest BCUT2D eigenvalue weighted by Crippen LogP contribution is -2.32. The molecule has 0 aliphatic carbocycles. The second-order valence-electron chi connectivity index (χ2n) is 7.81. The fourth-order valence-electron chi connectivity index (χ4n) is 3.63. The molecule has 3 rings (SSSR count). The molecule has 0 saturated heterocycles. The third kappa shape index (κ3) is 7.08. The van der Waals surface area contributed by atoms with Gasteiger partial charge < -0.3 is 25.8 Å². The molecule has 1 aliphatic rings. The number of aryl methyl sites for hydroxylation is 1. The van der Waals surface area contributed by atoms with Crippen molar-refractivity contribution in [1.82, 2.24) is 5.32 Å². The number of rotatable bonds is 11. The van der Waals surface area contributed by atoms with Crippen LogP contribution in [0.2, 0.25) is 0 Å². The molecule has 7 heteroatoms. The van der Waals surface area contributed by atoms with Crippen molar-refractivity contribution in [3.63, 3.8) is 0 Å². The minimum Gasteiger partial charge on any atom is -0.490 e. The molecule has 0 saturated carbocycles. The van der Waals surface area contributed by atoms with E-state index in [-0.39, 0.29) is 18.4 Å². The van der Waals surface area contributed by atoms with E-state index in [0.717, 1.165) is 31.4 Å². The van der Waals surface area contributed by atoms with Crippen LogP contribution in [0.15, 0.2) is 42.5 Å². The van der Waals surface area contributed by atoms with Gasteiger partial charge in [-0.1, -0.05) is 30.3 Å². The predicted molar refractivity (Wildman–Crippen MR) is 121 cm³/mol. The van der Waals surface area contributed by atoms with E-state index in [1.165, 1.54) is 12.5 Å². The van der Waals surface area contributed by atoms with E-state index in [2.05, 4.69) is 40.2 Å². The highest BCUT2D eigenvalue weighted by Gasteiger charge is 2.22. The molecule has 1 heterocycles. The average Bonchev–Trinajstić information content (AvgIpc) is 2.76. The molecule has 0 spiro atoms. The Kier molecular flexibility index (Phi) is 8.44. The van der Waals surface area contributed by atoms with Crippen LogP contribution in [0.3, 0.4) is 0 Å². The Morgan fingerprint density at radius 2 is 1.97 bits per heavy atom. The smallest absolute Gasteiger partial charge is 0.224 e. The molecule has 0 radical (unpaired) electrons. The van der Waals surface area contributed by atoms with Crippen LogP contribution in [0.1, 0.15) is 37.3 Å². The number of aliphatic hydroxyl groups is 1. The standard InChI is InChI=1S/C24H31N3O4/c1-17(28)26-21-11-12-22(20-10-13-23(30)27-24(20)21)31-16-19(29)15-25-14-6-5-9-18-7-3-2-4-8-18/h2-4,7-8,11-12,19,25,29H,5-6,9-10,13-16H2,1H3,(H,26,28)(H,27,30). The highest BCUT2D eigenvalue weighted by atomic mass is 16.5. The van der Waals surface area contributed by atoms with Crippen molar-refractivity contribution in [1.29, 1.82) is 0 Å². The van der Waals surface area contributed by atoms with E-state index in [1.54, 1.807) is 12.1 Å². The Hall–Kier alpha value is -2.90. The molecule has 166 valence electrons. The van der Waals surface area contributed by atoms with Crippen LogP contribution < -0.4 is 20.7 Å². The third-order valence-electron chi connectivity index (χ3n) is 5.17. The molecule has 0 aromatic heterocycles. The van der Waals surface area contributed by atoms with Gasteiger partial charge in [0.25, 0.3) is 0 Å². The van der Waals surface area contributed by atoms with Crippen LogP contribution in [0.25, 0.3) is 0 Å². The highest BCUT2D eigenvalue weighted by molar-refractivity contribution is 6.02. The quantitative estimate of drug-likeness (QED) is 0.415. The van der Waals surface area contributed by atoms with Gasteiger partial charge in [-0.25, -0.2) is 0 Å². The zero-order valence-electron chi connectivity index (χ0n) is 17.9. The number of benzene rings is 2. The van der Waals surface area contributed by atoms with Crippen molar-refractivity contribution in [2.24, 2.45) is 0 Å². The predicted octanol–water partition coefficient (Wildman–Crippen LogP) is 2.88. The number of anilines is 2. The molecule has 0 fully saturated rings. The number of hydrogen-bond acceptors (Lipinski definition) is 5. The maximum Gasteiger partial charge on any atom is 0.224 e. The lowest BCUT2D eigenvalue weighted by molar-refractivity contribution is -0.116. The number of fused-ring (bicyclic) bond motifs is 1. The van der Waals surface area contributed by atoms with Gasteiger partial charge in [-0.05, 0) is 49.9 Å². The van der Waals surface area contributed by atoms with E-state index in [1.807, 2.05) is 6.07 Å². The molecule has 2 aromatic rings. The number of amides is 2. The maximum atomic E-state index is 11.8. The Morgan fingerprint density at radius 3 is 2.74 bits per heavy atom. The van der Waals surface area contributed by atoms with Crippen LogP contribution >= 0.6 is 0 Å². The van der Waals surface area contributed by atoms with Crippen molar-refractivity contribution < 1.29 is 19.4 Å². The number of carbonyl (C=O) groups excluding carboxylic acids is 2. The number of unbranched alkanes of at least 4 members (excludes halogenated alkanes) is 1. The van der Waals surface area contributed by atoms with E-state index in [4.69, 9.17) is 4.74 Å². The molecule has 1 unspecified atom stereocenters. The molecule has 2 aromatic carbocycles. The number of nitrogens with one attached hydrogen (secondary N) is 3. The maximum absolute atomic E-state index is 11.8. The number of hydrogen-bond donors (Lipinski definition) is 4. The van der Waals surface area contributed by atoms with Crippen LogP contribution in [0, 0.1) is 0 Å². The van der Waals surface area contributed by atoms with Crippen molar-refractivity contribution in [3.05, 3.63) is 53.6 Å². The van der Waals surface area contributed by atoms with Gasteiger partial charge >= 0.3 is 0 Å². The molecule has 0 bridgehead atoms. The molecule has 1 aliphatic heterocycles. The first-order valence-electron chi connectivity index (χ1n) is 10.8. The van der Waals surface area contributed by atoms with E-state index >= 15 is 0 Å². The molecular weight excluding hydrogens is 394 g/mol. The highest BCUT2D eigenvalue weighted by Crippen LogP contribution is 2.37. The number of carbonyl (C=O) groups is 2. The monoisotopic (exact) mass is 425 g/mol. The Balaban J connectivity index is 1.42. The molecule has 7 nitrogen and oxygen atoms in total. The van der Waals surface area contributed by atoms with E-state index in [0.29, 0.717) is 36.5 Å². The molecule has 1 atom stereocenters. The third-order valence-corrected chi connectivity index (χ3v) is 5.17. The van der Waals surface area contributed by atoms with Gasteiger partial charge in [0.05, 0.1) is 11.4 Å². The van der Waals surface area contributed by atoms with Gasteiger partial charge in [0.2, 0.25) is 11.8 Å². The molecule has 4 N–H and O–H groups in total. The summed E-state index contributed by atoms with van der Waals surface area (Å²) in [6, 6.07) is 13.9.